The maximum atomic E-state index is 13.0. The molecule has 2 heterocycles. The van der Waals surface area contributed by atoms with Crippen LogP contribution < -0.4 is 20.3 Å². The van der Waals surface area contributed by atoms with Crippen LogP contribution in [-0.4, -0.2) is 67.6 Å². The summed E-state index contributed by atoms with van der Waals surface area (Å²) in [6.45, 7) is 9.98. The predicted octanol–water partition coefficient (Wildman–Crippen LogP) is 2.63. The van der Waals surface area contributed by atoms with E-state index in [1.165, 1.54) is 0 Å². The van der Waals surface area contributed by atoms with Gasteiger partial charge in [0.25, 0.3) is 5.91 Å². The molecule has 0 unspecified atom stereocenters. The van der Waals surface area contributed by atoms with Crippen LogP contribution in [0.1, 0.15) is 31.1 Å². The van der Waals surface area contributed by atoms with E-state index in [0.29, 0.717) is 23.6 Å². The molecule has 8 nitrogen and oxygen atoms in total. The summed E-state index contributed by atoms with van der Waals surface area (Å²) in [4.78, 5) is 34.9. The molecule has 1 saturated heterocycles. The fraction of sp³-hybridized carbons (Fsp3) is 0.458. The molecule has 2 N–H and O–H groups in total. The summed E-state index contributed by atoms with van der Waals surface area (Å²) in [6.07, 6.45) is 1.66. The molecule has 32 heavy (non-hydrogen) atoms. The monoisotopic (exact) mass is 439 g/mol. The Morgan fingerprint density at radius 3 is 2.44 bits per heavy atom. The fourth-order valence-electron chi connectivity index (χ4n) is 3.59. The van der Waals surface area contributed by atoms with E-state index in [1.54, 1.807) is 24.4 Å². The van der Waals surface area contributed by atoms with Crippen LogP contribution >= 0.6 is 0 Å². The number of hydrogen-bond donors (Lipinski definition) is 2. The summed E-state index contributed by atoms with van der Waals surface area (Å²) in [5.74, 6) is 0.676. The summed E-state index contributed by atoms with van der Waals surface area (Å²) in [5.41, 5.74) is 1.01. The van der Waals surface area contributed by atoms with E-state index in [2.05, 4.69) is 32.5 Å². The Morgan fingerprint density at radius 1 is 1.09 bits per heavy atom. The lowest BCUT2D eigenvalue weighted by molar-refractivity contribution is -0.118. The molecule has 1 aliphatic heterocycles. The van der Waals surface area contributed by atoms with Crippen LogP contribution in [0.2, 0.25) is 0 Å². The highest BCUT2D eigenvalue weighted by molar-refractivity contribution is 6.02. The second-order valence-corrected chi connectivity index (χ2v) is 8.31. The largest absolute Gasteiger partial charge is 0.493 e. The van der Waals surface area contributed by atoms with Crippen molar-refractivity contribution in [2.75, 3.05) is 50.1 Å². The average molecular weight is 440 g/mol. The van der Waals surface area contributed by atoms with Crippen molar-refractivity contribution < 1.29 is 14.3 Å². The van der Waals surface area contributed by atoms with Gasteiger partial charge in [-0.1, -0.05) is 26.0 Å². The van der Waals surface area contributed by atoms with Crippen LogP contribution in [0.4, 0.5) is 11.5 Å². The SMILES string of the molecule is CCOc1ccccc1C(=O)N[C@H](C(=O)Nc1ccc(N2CCN(C)CC2)nc1)C(C)C. The quantitative estimate of drug-likeness (QED) is 0.658. The van der Waals surface area contributed by atoms with Crippen molar-refractivity contribution in [2.45, 2.75) is 26.8 Å². The molecule has 1 aromatic heterocycles. The van der Waals surface area contributed by atoms with Gasteiger partial charge in [-0.2, -0.15) is 0 Å². The number of ether oxygens (including phenoxy) is 1. The Hall–Kier alpha value is -3.13. The van der Waals surface area contributed by atoms with Gasteiger partial charge in [0.1, 0.15) is 17.6 Å². The number of rotatable bonds is 8. The number of benzene rings is 1. The first-order valence-corrected chi connectivity index (χ1v) is 11.1. The standard InChI is InChI=1S/C24H33N5O3/c1-5-32-20-9-7-6-8-19(20)23(30)27-22(17(2)3)24(31)26-18-10-11-21(25-16-18)29-14-12-28(4)13-15-29/h6-11,16-17,22H,5,12-15H2,1-4H3,(H,26,31)(H,27,30)/t22-/m0/s1. The first-order chi connectivity index (χ1) is 15.4. The van der Waals surface area contributed by atoms with Gasteiger partial charge in [-0.3, -0.25) is 9.59 Å². The van der Waals surface area contributed by atoms with E-state index in [-0.39, 0.29) is 17.7 Å². The van der Waals surface area contributed by atoms with Crippen LogP contribution in [0, 0.1) is 5.92 Å². The molecule has 0 spiro atoms. The zero-order valence-corrected chi connectivity index (χ0v) is 19.3. The zero-order chi connectivity index (χ0) is 23.1. The zero-order valence-electron chi connectivity index (χ0n) is 19.3. The Bertz CT molecular complexity index is 908. The van der Waals surface area contributed by atoms with Crippen molar-refractivity contribution in [3.63, 3.8) is 0 Å². The number of amides is 2. The minimum Gasteiger partial charge on any atom is -0.493 e. The van der Waals surface area contributed by atoms with Gasteiger partial charge in [-0.15, -0.1) is 0 Å². The van der Waals surface area contributed by atoms with Gasteiger partial charge >= 0.3 is 0 Å². The molecule has 1 aliphatic rings. The predicted molar refractivity (Wildman–Crippen MR) is 126 cm³/mol. The lowest BCUT2D eigenvalue weighted by Crippen LogP contribution is -2.47. The number of nitrogens with one attached hydrogen (secondary N) is 2. The molecule has 2 amide bonds. The molecular formula is C24H33N5O3. The molecule has 1 fully saturated rings. The molecule has 1 aromatic carbocycles. The Balaban J connectivity index is 1.64. The summed E-state index contributed by atoms with van der Waals surface area (Å²) >= 11 is 0. The van der Waals surface area contributed by atoms with Crippen molar-refractivity contribution in [3.8, 4) is 5.75 Å². The third-order valence-electron chi connectivity index (χ3n) is 5.51. The van der Waals surface area contributed by atoms with Gasteiger partial charge in [-0.25, -0.2) is 4.98 Å². The summed E-state index contributed by atoms with van der Waals surface area (Å²) < 4.78 is 5.55. The Labute approximate surface area is 190 Å². The van der Waals surface area contributed by atoms with Gasteiger partial charge in [0.15, 0.2) is 0 Å². The molecule has 0 radical (unpaired) electrons. The third kappa shape index (κ3) is 5.97. The summed E-state index contributed by atoms with van der Waals surface area (Å²) in [6, 6.07) is 10.1. The number of anilines is 2. The topological polar surface area (TPSA) is 86.8 Å². The molecule has 0 saturated carbocycles. The van der Waals surface area contributed by atoms with E-state index < -0.39 is 6.04 Å². The second-order valence-electron chi connectivity index (χ2n) is 8.31. The van der Waals surface area contributed by atoms with Crippen molar-refractivity contribution in [1.82, 2.24) is 15.2 Å². The maximum Gasteiger partial charge on any atom is 0.255 e. The molecule has 2 aromatic rings. The van der Waals surface area contributed by atoms with Crippen LogP contribution in [0.25, 0.3) is 0 Å². The highest BCUT2D eigenvalue weighted by Crippen LogP contribution is 2.19. The number of carbonyl (C=O) groups is 2. The number of nitrogens with zero attached hydrogens (tertiary/aromatic N) is 3. The number of carbonyl (C=O) groups excluding carboxylic acids is 2. The molecule has 0 aliphatic carbocycles. The van der Waals surface area contributed by atoms with Crippen molar-refractivity contribution >= 4 is 23.3 Å². The summed E-state index contributed by atoms with van der Waals surface area (Å²) in [5, 5.41) is 5.74. The van der Waals surface area contributed by atoms with Crippen molar-refractivity contribution in [1.29, 1.82) is 0 Å². The Kier molecular flexibility index (Phi) is 8.05. The minimum atomic E-state index is -0.700. The third-order valence-corrected chi connectivity index (χ3v) is 5.51. The second kappa shape index (κ2) is 10.9. The van der Waals surface area contributed by atoms with Gasteiger partial charge in [0.05, 0.1) is 24.1 Å². The van der Waals surface area contributed by atoms with Gasteiger partial charge in [-0.05, 0) is 44.2 Å². The molecule has 172 valence electrons. The van der Waals surface area contributed by atoms with E-state index in [9.17, 15) is 9.59 Å². The highest BCUT2D eigenvalue weighted by atomic mass is 16.5. The molecule has 3 rings (SSSR count). The first kappa shape index (κ1) is 23.5. The minimum absolute atomic E-state index is 0.101. The first-order valence-electron chi connectivity index (χ1n) is 11.1. The molecule has 1 atom stereocenters. The molecular weight excluding hydrogens is 406 g/mol. The number of aromatic nitrogens is 1. The fourth-order valence-corrected chi connectivity index (χ4v) is 3.59. The molecule has 0 bridgehead atoms. The Morgan fingerprint density at radius 2 is 1.81 bits per heavy atom. The van der Waals surface area contributed by atoms with Crippen LogP contribution in [0.15, 0.2) is 42.6 Å². The molecule has 8 heteroatoms. The van der Waals surface area contributed by atoms with E-state index in [0.717, 1.165) is 32.0 Å². The van der Waals surface area contributed by atoms with E-state index in [4.69, 9.17) is 4.74 Å². The number of piperazine rings is 1. The lowest BCUT2D eigenvalue weighted by Gasteiger charge is -2.33. The summed E-state index contributed by atoms with van der Waals surface area (Å²) in [7, 11) is 2.11. The van der Waals surface area contributed by atoms with Crippen molar-refractivity contribution in [2.24, 2.45) is 5.92 Å². The van der Waals surface area contributed by atoms with Crippen LogP contribution in [0.5, 0.6) is 5.75 Å². The number of likely N-dealkylation sites (N-methyl/N-ethyl adjacent to an activating group) is 1. The van der Waals surface area contributed by atoms with Gasteiger partial charge in [0, 0.05) is 26.2 Å². The number of pyridine rings is 1. The number of para-hydroxylation sites is 1. The van der Waals surface area contributed by atoms with Gasteiger partial charge in [0.2, 0.25) is 5.91 Å². The van der Waals surface area contributed by atoms with Crippen molar-refractivity contribution in [3.05, 3.63) is 48.2 Å². The van der Waals surface area contributed by atoms with E-state index in [1.807, 2.05) is 39.0 Å². The number of hydrogen-bond acceptors (Lipinski definition) is 6. The smallest absolute Gasteiger partial charge is 0.255 e. The van der Waals surface area contributed by atoms with Gasteiger partial charge < -0.3 is 25.2 Å². The normalized spacial score (nSPS) is 15.3. The maximum absolute atomic E-state index is 13.0. The lowest BCUT2D eigenvalue weighted by atomic mass is 10.0. The highest BCUT2D eigenvalue weighted by Gasteiger charge is 2.26. The van der Waals surface area contributed by atoms with Crippen LogP contribution in [0.3, 0.4) is 0 Å². The van der Waals surface area contributed by atoms with Crippen LogP contribution in [-0.2, 0) is 4.79 Å². The average Bonchev–Trinajstić information content (AvgIpc) is 2.78. The van der Waals surface area contributed by atoms with E-state index >= 15 is 0 Å².